The van der Waals surface area contributed by atoms with Gasteiger partial charge in [0.15, 0.2) is 11.6 Å². The van der Waals surface area contributed by atoms with E-state index in [9.17, 15) is 27.5 Å². The number of halogens is 6. The Bertz CT molecular complexity index is 2280. The number of benzene rings is 2. The van der Waals surface area contributed by atoms with Crippen LogP contribution in [0.4, 0.5) is 32.2 Å². The maximum Gasteiger partial charge on any atom is 0.293 e. The van der Waals surface area contributed by atoms with Crippen molar-refractivity contribution in [2.45, 2.75) is 69.4 Å². The molecule has 0 spiro atoms. The van der Waals surface area contributed by atoms with Crippen LogP contribution in [0.5, 0.6) is 0 Å². The Morgan fingerprint density at radius 1 is 1.08 bits per heavy atom. The number of alkyl halides is 4. The van der Waals surface area contributed by atoms with Crippen molar-refractivity contribution in [2.75, 3.05) is 12.4 Å². The van der Waals surface area contributed by atoms with Crippen molar-refractivity contribution >= 4 is 22.5 Å². The van der Waals surface area contributed by atoms with Crippen molar-refractivity contribution in [2.24, 2.45) is 13.0 Å². The van der Waals surface area contributed by atoms with Gasteiger partial charge in [0.2, 0.25) is 0 Å². The van der Waals surface area contributed by atoms with E-state index in [1.165, 1.54) is 13.8 Å². The van der Waals surface area contributed by atoms with Gasteiger partial charge >= 0.3 is 0 Å². The Morgan fingerprint density at radius 3 is 2.48 bits per heavy atom. The molecule has 2 N–H and O–H groups in total. The number of nitrogens with one attached hydrogen (secondary N) is 1. The number of rotatable bonds is 10. The summed E-state index contributed by atoms with van der Waals surface area (Å²) in [5.74, 6) is -2.34. The number of anilines is 1. The summed E-state index contributed by atoms with van der Waals surface area (Å²) in [6.45, 7) is 2.26. The van der Waals surface area contributed by atoms with Crippen molar-refractivity contribution in [3.8, 4) is 23.0 Å². The number of pyridine rings is 1. The van der Waals surface area contributed by atoms with Crippen LogP contribution in [0.3, 0.4) is 0 Å². The number of carbonyl (C=O) groups excluding carboxylic acids is 1. The SMILES string of the molecule is CNc1nn(C)c2c(-c3ccc(C#CC(C)(C)O)nc3[C@@H](CC(=O)Cn3nc(C(F)F)c4c3C(F)(F)[C@@H]3C[C@H]43)Cc3cc(F)cc(F)c3)cccc12. The molecule has 0 unspecified atom stereocenters. The summed E-state index contributed by atoms with van der Waals surface area (Å²) in [4.78, 5) is 18.8. The molecule has 0 saturated heterocycles. The van der Waals surface area contributed by atoms with Crippen LogP contribution in [-0.2, 0) is 30.7 Å². The minimum atomic E-state index is -3.42. The van der Waals surface area contributed by atoms with Crippen LogP contribution in [0.1, 0.15) is 78.9 Å². The molecule has 2 aliphatic rings. The third-order valence-electron chi connectivity index (χ3n) is 9.57. The first-order valence-corrected chi connectivity index (χ1v) is 16.7. The Labute approximate surface area is 294 Å². The average molecular weight is 721 g/mol. The number of Topliss-reactive ketones (excluding diaryl/α,β-unsaturated/α-hetero) is 1. The van der Waals surface area contributed by atoms with Gasteiger partial charge in [-0.1, -0.05) is 18.1 Å². The molecule has 3 heterocycles. The van der Waals surface area contributed by atoms with Crippen LogP contribution < -0.4 is 5.32 Å². The fraction of sp³-hybridized carbons (Fsp3) is 0.368. The number of carbonyl (C=O) groups is 1. The lowest BCUT2D eigenvalue weighted by Gasteiger charge is -2.21. The van der Waals surface area contributed by atoms with E-state index in [1.54, 1.807) is 30.9 Å². The smallest absolute Gasteiger partial charge is 0.293 e. The molecule has 0 radical (unpaired) electrons. The monoisotopic (exact) mass is 720 g/mol. The predicted molar refractivity (Wildman–Crippen MR) is 181 cm³/mol. The maximum absolute atomic E-state index is 15.3. The number of fused-ring (bicyclic) bond motifs is 4. The minimum absolute atomic E-state index is 0.0754. The van der Waals surface area contributed by atoms with Gasteiger partial charge in [0, 0.05) is 60.5 Å². The maximum atomic E-state index is 15.3. The summed E-state index contributed by atoms with van der Waals surface area (Å²) in [6, 6.07) is 11.9. The van der Waals surface area contributed by atoms with Gasteiger partial charge in [0.05, 0.1) is 11.2 Å². The number of aryl methyl sites for hydroxylation is 1. The third kappa shape index (κ3) is 6.42. The number of hydrogen-bond donors (Lipinski definition) is 2. The van der Waals surface area contributed by atoms with Gasteiger partial charge in [-0.3, -0.25) is 14.2 Å². The standard InChI is InChI=1S/C38H34F6N6O2/c1-37(2,52)11-10-23-8-9-25(26-6-5-7-27-33(26)49(4)48-36(27)45-3)31(46-23)20(12-19-13-21(39)16-22(40)14-19)15-24(51)18-50-34-30(32(47-50)35(41)42)28-17-29(28)38(34,43)44/h5-9,13-14,16,20,28-29,35,52H,12,15,17-18H2,1-4H3,(H,45,48)/t20-,28+,29-/m1/s1. The zero-order chi connectivity index (χ0) is 37.3. The van der Waals surface area contributed by atoms with Gasteiger partial charge in [0.1, 0.15) is 40.9 Å². The van der Waals surface area contributed by atoms with Crippen molar-refractivity contribution in [1.82, 2.24) is 24.5 Å². The lowest BCUT2D eigenvalue weighted by Crippen LogP contribution is -2.24. The summed E-state index contributed by atoms with van der Waals surface area (Å²) in [5, 5.41) is 22.5. The van der Waals surface area contributed by atoms with Gasteiger partial charge in [0.25, 0.3) is 12.3 Å². The molecule has 2 aromatic carbocycles. The molecular formula is C38H34F6N6O2. The number of para-hydroxylation sites is 1. The van der Waals surface area contributed by atoms with E-state index in [-0.39, 0.29) is 36.1 Å². The molecule has 5 aromatic rings. The molecule has 14 heteroatoms. The van der Waals surface area contributed by atoms with Gasteiger partial charge in [-0.25, -0.2) is 22.5 Å². The van der Waals surface area contributed by atoms with E-state index >= 15 is 8.78 Å². The number of nitrogens with zero attached hydrogens (tertiary/aromatic N) is 5. The first kappa shape index (κ1) is 35.3. The Morgan fingerprint density at radius 2 is 1.81 bits per heavy atom. The summed E-state index contributed by atoms with van der Waals surface area (Å²) in [7, 11) is 3.49. The Kier molecular flexibility index (Phi) is 8.68. The van der Waals surface area contributed by atoms with Crippen LogP contribution in [0, 0.1) is 29.4 Å². The second-order valence-electron chi connectivity index (χ2n) is 14.0. The molecule has 0 amide bonds. The lowest BCUT2D eigenvalue weighted by molar-refractivity contribution is -0.120. The number of aromatic nitrogens is 5. The van der Waals surface area contributed by atoms with Gasteiger partial charge in [-0.15, -0.1) is 0 Å². The number of hydrogen-bond acceptors (Lipinski definition) is 6. The van der Waals surface area contributed by atoms with Crippen molar-refractivity contribution in [3.63, 3.8) is 0 Å². The number of ketones is 1. The van der Waals surface area contributed by atoms with Crippen LogP contribution in [-0.4, -0.2) is 48.1 Å². The molecule has 7 rings (SSSR count). The molecule has 2 aliphatic carbocycles. The molecule has 0 bridgehead atoms. The van der Waals surface area contributed by atoms with E-state index in [2.05, 4.69) is 27.4 Å². The molecule has 1 fully saturated rings. The Hall–Kier alpha value is -5.16. The van der Waals surface area contributed by atoms with E-state index in [4.69, 9.17) is 4.98 Å². The molecular weight excluding hydrogens is 686 g/mol. The summed E-state index contributed by atoms with van der Waals surface area (Å²) < 4.78 is 90.0. The van der Waals surface area contributed by atoms with E-state index in [0.717, 1.165) is 17.5 Å². The van der Waals surface area contributed by atoms with Gasteiger partial charge in [-0.2, -0.15) is 19.0 Å². The summed E-state index contributed by atoms with van der Waals surface area (Å²) in [5.41, 5.74) is -0.345. The second-order valence-corrected chi connectivity index (χ2v) is 14.0. The quantitative estimate of drug-likeness (QED) is 0.115. The first-order valence-electron chi connectivity index (χ1n) is 16.7. The van der Waals surface area contributed by atoms with E-state index in [0.29, 0.717) is 38.9 Å². The van der Waals surface area contributed by atoms with Crippen LogP contribution in [0.15, 0.2) is 48.5 Å². The van der Waals surface area contributed by atoms with Gasteiger partial charge in [-0.05, 0) is 74.4 Å². The fourth-order valence-electron chi connectivity index (χ4n) is 7.40. The van der Waals surface area contributed by atoms with Crippen molar-refractivity contribution in [3.05, 3.63) is 94.1 Å². The first-order chi connectivity index (χ1) is 24.5. The highest BCUT2D eigenvalue weighted by Crippen LogP contribution is 2.68. The Balaban J connectivity index is 1.36. The highest BCUT2D eigenvalue weighted by molar-refractivity contribution is 6.00. The number of aliphatic hydroxyl groups is 1. The highest BCUT2D eigenvalue weighted by atomic mass is 19.3. The fourth-order valence-corrected chi connectivity index (χ4v) is 7.40. The molecule has 0 aliphatic heterocycles. The normalized spacial score (nSPS) is 17.8. The third-order valence-corrected chi connectivity index (χ3v) is 9.57. The van der Waals surface area contributed by atoms with Crippen molar-refractivity contribution < 1.29 is 36.2 Å². The molecule has 8 nitrogen and oxygen atoms in total. The second kappa shape index (κ2) is 12.8. The van der Waals surface area contributed by atoms with E-state index in [1.807, 2.05) is 18.2 Å². The average Bonchev–Trinajstić information content (AvgIpc) is 3.60. The van der Waals surface area contributed by atoms with E-state index < -0.39 is 71.1 Å². The molecule has 270 valence electrons. The largest absolute Gasteiger partial charge is 0.378 e. The summed E-state index contributed by atoms with van der Waals surface area (Å²) in [6.07, 6.45) is -3.54. The van der Waals surface area contributed by atoms with Crippen LogP contribution in [0.2, 0.25) is 0 Å². The predicted octanol–water partition coefficient (Wildman–Crippen LogP) is 7.41. The minimum Gasteiger partial charge on any atom is -0.378 e. The molecule has 1 saturated carbocycles. The topological polar surface area (TPSA) is 97.9 Å². The van der Waals surface area contributed by atoms with Crippen LogP contribution in [0.25, 0.3) is 22.0 Å². The lowest BCUT2D eigenvalue weighted by atomic mass is 9.86. The van der Waals surface area contributed by atoms with Crippen LogP contribution >= 0.6 is 0 Å². The zero-order valence-corrected chi connectivity index (χ0v) is 28.6. The summed E-state index contributed by atoms with van der Waals surface area (Å²) >= 11 is 0. The zero-order valence-electron chi connectivity index (χ0n) is 28.6. The molecule has 52 heavy (non-hydrogen) atoms. The van der Waals surface area contributed by atoms with Gasteiger partial charge < -0.3 is 10.4 Å². The highest BCUT2D eigenvalue weighted by Gasteiger charge is 2.67. The molecule has 3 aromatic heterocycles. The molecule has 3 atom stereocenters. The van der Waals surface area contributed by atoms with Crippen molar-refractivity contribution in [1.29, 1.82) is 0 Å².